The molecule has 1 aliphatic heterocycles. The zero-order valence-corrected chi connectivity index (χ0v) is 8.47. The van der Waals surface area contributed by atoms with Gasteiger partial charge in [-0.1, -0.05) is 0 Å². The zero-order valence-electron chi connectivity index (χ0n) is 6.84. The van der Waals surface area contributed by atoms with Crippen molar-refractivity contribution in [2.24, 2.45) is 11.7 Å². The molecule has 13 heavy (non-hydrogen) atoms. The van der Waals surface area contributed by atoms with E-state index in [1.54, 1.807) is 0 Å². The lowest BCUT2D eigenvalue weighted by molar-refractivity contribution is -0.139. The van der Waals surface area contributed by atoms with E-state index in [-0.39, 0.29) is 23.9 Å². The first-order chi connectivity index (χ1) is 5.42. The second-order valence-corrected chi connectivity index (χ2v) is 5.26. The van der Waals surface area contributed by atoms with Crippen molar-refractivity contribution in [3.63, 3.8) is 0 Å². The largest absolute Gasteiger partial charge is 0.480 e. The van der Waals surface area contributed by atoms with E-state index in [9.17, 15) is 13.2 Å². The molecule has 0 aromatic carbocycles. The maximum atomic E-state index is 10.9. The molecule has 0 aromatic rings. The van der Waals surface area contributed by atoms with Crippen molar-refractivity contribution in [1.82, 2.24) is 0 Å². The van der Waals surface area contributed by atoms with Crippen molar-refractivity contribution in [1.29, 1.82) is 0 Å². The molecule has 1 saturated heterocycles. The fourth-order valence-electron chi connectivity index (χ4n) is 1.31. The highest BCUT2D eigenvalue weighted by Gasteiger charge is 2.34. The Bertz CT molecular complexity index is 289. The number of hydrogen-bond acceptors (Lipinski definition) is 4. The lowest BCUT2D eigenvalue weighted by atomic mass is 10.0. The number of sulfone groups is 1. The predicted octanol–water partition coefficient (Wildman–Crippen LogP) is -0.745. The fourth-order valence-corrected chi connectivity index (χ4v) is 3.16. The zero-order chi connectivity index (χ0) is 9.35. The summed E-state index contributed by atoms with van der Waals surface area (Å²) in [6.07, 6.45) is 0.371. The molecule has 0 aromatic heterocycles. The molecule has 0 saturated carbocycles. The van der Waals surface area contributed by atoms with E-state index in [1.807, 2.05) is 0 Å². The molecule has 3 N–H and O–H groups in total. The molecule has 2 atom stereocenters. The van der Waals surface area contributed by atoms with Crippen molar-refractivity contribution in [3.05, 3.63) is 0 Å². The summed E-state index contributed by atoms with van der Waals surface area (Å²) in [5.74, 6) is -1.55. The Labute approximate surface area is 82.6 Å². The molecule has 7 heteroatoms. The van der Waals surface area contributed by atoms with Gasteiger partial charge in [-0.15, -0.1) is 12.4 Å². The summed E-state index contributed by atoms with van der Waals surface area (Å²) in [6, 6.07) is -1.04. The summed E-state index contributed by atoms with van der Waals surface area (Å²) < 4.78 is 21.8. The van der Waals surface area contributed by atoms with Gasteiger partial charge in [0.2, 0.25) is 0 Å². The fraction of sp³-hybridized carbons (Fsp3) is 0.833. The molecular formula is C6H12ClNO4S. The molecule has 0 bridgehead atoms. The molecule has 1 aliphatic rings. The molecule has 1 heterocycles. The SMILES string of the molecule is Cl.NC(C(=O)O)C1CCS(=O)(=O)C1. The van der Waals surface area contributed by atoms with E-state index in [1.165, 1.54) is 0 Å². The number of hydrogen-bond donors (Lipinski definition) is 2. The third kappa shape index (κ3) is 3.13. The van der Waals surface area contributed by atoms with Crippen LogP contribution in [0, 0.1) is 5.92 Å². The van der Waals surface area contributed by atoms with Gasteiger partial charge in [-0.25, -0.2) is 8.42 Å². The smallest absolute Gasteiger partial charge is 0.320 e. The van der Waals surface area contributed by atoms with Crippen LogP contribution in [0.1, 0.15) is 6.42 Å². The van der Waals surface area contributed by atoms with Crippen LogP contribution in [0.5, 0.6) is 0 Å². The Morgan fingerprint density at radius 1 is 1.54 bits per heavy atom. The third-order valence-electron chi connectivity index (χ3n) is 2.06. The average molecular weight is 230 g/mol. The van der Waals surface area contributed by atoms with E-state index in [0.717, 1.165) is 0 Å². The topological polar surface area (TPSA) is 97.5 Å². The molecule has 0 aliphatic carbocycles. The minimum Gasteiger partial charge on any atom is -0.480 e. The lowest BCUT2D eigenvalue weighted by Gasteiger charge is -2.11. The van der Waals surface area contributed by atoms with Crippen molar-refractivity contribution in [2.45, 2.75) is 12.5 Å². The summed E-state index contributed by atoms with van der Waals surface area (Å²) >= 11 is 0. The third-order valence-corrected chi connectivity index (χ3v) is 3.85. The molecule has 0 amide bonds. The summed E-state index contributed by atoms with van der Waals surface area (Å²) in [4.78, 5) is 10.4. The summed E-state index contributed by atoms with van der Waals surface area (Å²) in [5, 5.41) is 8.49. The number of halogens is 1. The van der Waals surface area contributed by atoms with Gasteiger partial charge in [0.1, 0.15) is 6.04 Å². The minimum absolute atomic E-state index is 0. The molecule has 78 valence electrons. The van der Waals surface area contributed by atoms with Gasteiger partial charge in [0, 0.05) is 0 Å². The predicted molar refractivity (Wildman–Crippen MR) is 49.6 cm³/mol. The molecule has 2 unspecified atom stereocenters. The van der Waals surface area contributed by atoms with E-state index in [4.69, 9.17) is 10.8 Å². The van der Waals surface area contributed by atoms with Gasteiger partial charge in [0.15, 0.2) is 9.84 Å². The lowest BCUT2D eigenvalue weighted by Crippen LogP contribution is -2.38. The molecule has 0 radical (unpaired) electrons. The van der Waals surface area contributed by atoms with Gasteiger partial charge >= 0.3 is 5.97 Å². The van der Waals surface area contributed by atoms with Crippen molar-refractivity contribution in [3.8, 4) is 0 Å². The molecule has 5 nitrogen and oxygen atoms in total. The van der Waals surface area contributed by atoms with E-state index in [0.29, 0.717) is 6.42 Å². The van der Waals surface area contributed by atoms with Crippen molar-refractivity contribution < 1.29 is 18.3 Å². The Morgan fingerprint density at radius 3 is 2.38 bits per heavy atom. The first kappa shape index (κ1) is 12.7. The van der Waals surface area contributed by atoms with Crippen molar-refractivity contribution >= 4 is 28.2 Å². The van der Waals surface area contributed by atoms with Crippen LogP contribution in [0.25, 0.3) is 0 Å². The number of carboxylic acids is 1. The van der Waals surface area contributed by atoms with Crippen LogP contribution in [0.3, 0.4) is 0 Å². The Kier molecular flexibility index (Phi) is 4.15. The van der Waals surface area contributed by atoms with Crippen LogP contribution in [0.2, 0.25) is 0 Å². The maximum absolute atomic E-state index is 10.9. The Hall–Kier alpha value is -0.330. The van der Waals surface area contributed by atoms with Crippen LogP contribution in [0.4, 0.5) is 0 Å². The number of aliphatic carboxylic acids is 1. The number of carboxylic acid groups (broad SMARTS) is 1. The molecule has 0 spiro atoms. The number of carbonyl (C=O) groups is 1. The Balaban J connectivity index is 0.00000144. The van der Waals surface area contributed by atoms with E-state index >= 15 is 0 Å². The van der Waals surface area contributed by atoms with Gasteiger partial charge in [-0.2, -0.15) is 0 Å². The normalized spacial score (nSPS) is 27.6. The van der Waals surface area contributed by atoms with Crippen LogP contribution in [-0.2, 0) is 14.6 Å². The molecular weight excluding hydrogens is 218 g/mol. The van der Waals surface area contributed by atoms with Crippen LogP contribution in [0.15, 0.2) is 0 Å². The maximum Gasteiger partial charge on any atom is 0.320 e. The monoisotopic (exact) mass is 229 g/mol. The second-order valence-electron chi connectivity index (χ2n) is 3.03. The van der Waals surface area contributed by atoms with Gasteiger partial charge < -0.3 is 10.8 Å². The van der Waals surface area contributed by atoms with E-state index in [2.05, 4.69) is 0 Å². The van der Waals surface area contributed by atoms with Crippen molar-refractivity contribution in [2.75, 3.05) is 11.5 Å². The highest BCUT2D eigenvalue weighted by molar-refractivity contribution is 7.91. The van der Waals surface area contributed by atoms with Crippen LogP contribution >= 0.6 is 12.4 Å². The number of nitrogens with two attached hydrogens (primary N) is 1. The highest BCUT2D eigenvalue weighted by Crippen LogP contribution is 2.20. The van der Waals surface area contributed by atoms with Gasteiger partial charge in [0.05, 0.1) is 11.5 Å². The summed E-state index contributed by atoms with van der Waals surface area (Å²) in [5.41, 5.74) is 5.28. The first-order valence-electron chi connectivity index (χ1n) is 3.61. The highest BCUT2D eigenvalue weighted by atomic mass is 35.5. The average Bonchev–Trinajstić information content (AvgIpc) is 2.28. The van der Waals surface area contributed by atoms with Crippen LogP contribution in [-0.4, -0.2) is 37.0 Å². The number of rotatable bonds is 2. The molecule has 1 rings (SSSR count). The quantitative estimate of drug-likeness (QED) is 0.650. The van der Waals surface area contributed by atoms with Gasteiger partial charge in [-0.3, -0.25) is 4.79 Å². The summed E-state index contributed by atoms with van der Waals surface area (Å²) in [7, 11) is -3.02. The van der Waals surface area contributed by atoms with Gasteiger partial charge in [-0.05, 0) is 12.3 Å². The second kappa shape index (κ2) is 4.26. The van der Waals surface area contributed by atoms with E-state index < -0.39 is 27.8 Å². The first-order valence-corrected chi connectivity index (χ1v) is 5.43. The minimum atomic E-state index is -3.02. The summed E-state index contributed by atoms with van der Waals surface area (Å²) in [6.45, 7) is 0. The van der Waals surface area contributed by atoms with Gasteiger partial charge in [0.25, 0.3) is 0 Å². The Morgan fingerprint density at radius 2 is 2.08 bits per heavy atom. The molecule has 1 fully saturated rings. The van der Waals surface area contributed by atoms with Crippen LogP contribution < -0.4 is 5.73 Å². The standard InChI is InChI=1S/C6H11NO4S.ClH/c7-5(6(8)9)4-1-2-12(10,11)3-4;/h4-5H,1-3,7H2,(H,8,9);1H.